The molecule has 0 saturated carbocycles. The van der Waals surface area contributed by atoms with Crippen molar-refractivity contribution < 1.29 is 26.9 Å². The van der Waals surface area contributed by atoms with Crippen LogP contribution in [0.5, 0.6) is 0 Å². The first kappa shape index (κ1) is 31.7. The molecule has 4 heterocycles. The average molecular weight is 581 g/mol. The summed E-state index contributed by atoms with van der Waals surface area (Å²) in [7, 11) is 5.33. The number of halogens is 4. The highest BCUT2D eigenvalue weighted by Crippen LogP contribution is 2.35. The molecular weight excluding hydrogens is 544 g/mol. The summed E-state index contributed by atoms with van der Waals surface area (Å²) in [4.78, 5) is 16.1. The number of piperidine rings is 1. The fourth-order valence-electron chi connectivity index (χ4n) is 4.45. The molecule has 14 heteroatoms. The number of likely N-dealkylation sites (tertiary alicyclic amines) is 1. The van der Waals surface area contributed by atoms with Crippen molar-refractivity contribution >= 4 is 22.9 Å². The maximum absolute atomic E-state index is 14.5. The topological polar surface area (TPSA) is 106 Å². The monoisotopic (exact) mass is 580 g/mol. The molecule has 0 spiro atoms. The van der Waals surface area contributed by atoms with Gasteiger partial charge in [-0.25, -0.2) is 4.39 Å². The third-order valence-electron chi connectivity index (χ3n) is 6.25. The first-order chi connectivity index (χ1) is 19.6. The first-order valence-electron chi connectivity index (χ1n) is 13.3. The maximum atomic E-state index is 14.5. The Kier molecular flexibility index (Phi) is 11.0. The molecule has 41 heavy (non-hydrogen) atoms. The van der Waals surface area contributed by atoms with E-state index in [0.29, 0.717) is 41.7 Å². The minimum atomic E-state index is -4.44. The van der Waals surface area contributed by atoms with E-state index in [1.54, 1.807) is 49.2 Å². The normalized spacial score (nSPS) is 17.4. The summed E-state index contributed by atoms with van der Waals surface area (Å²) in [6.07, 6.45) is -0.971. The van der Waals surface area contributed by atoms with Crippen LogP contribution in [0.2, 0.25) is 0 Å². The second-order valence-electron chi connectivity index (χ2n) is 9.39. The maximum Gasteiger partial charge on any atom is 0.406 e. The quantitative estimate of drug-likeness (QED) is 0.240. The largest absolute Gasteiger partial charge is 0.406 e. The number of hydrogen-bond donors (Lipinski definition) is 2. The van der Waals surface area contributed by atoms with Crippen LogP contribution < -0.4 is 10.6 Å². The molecule has 0 bridgehead atoms. The molecule has 0 aliphatic carbocycles. The Morgan fingerprint density at radius 1 is 1.22 bits per heavy atom. The lowest BCUT2D eigenvalue weighted by Gasteiger charge is -2.33. The summed E-state index contributed by atoms with van der Waals surface area (Å²) in [5, 5.41) is 14.2. The summed E-state index contributed by atoms with van der Waals surface area (Å²) < 4.78 is 62.5. The summed E-state index contributed by atoms with van der Waals surface area (Å²) in [5.74, 6) is 0.338. The zero-order valence-corrected chi connectivity index (χ0v) is 23.7. The van der Waals surface area contributed by atoms with Crippen LogP contribution in [-0.2, 0) is 20.1 Å². The molecule has 0 radical (unpaired) electrons. The number of carbonyl (C=O) groups excluding carboxylic acids is 1. The van der Waals surface area contributed by atoms with E-state index in [1.165, 1.54) is 6.20 Å². The van der Waals surface area contributed by atoms with Crippen molar-refractivity contribution in [3.8, 4) is 11.5 Å². The van der Waals surface area contributed by atoms with Crippen molar-refractivity contribution in [1.82, 2.24) is 34.7 Å². The number of fused-ring (bicyclic) bond motifs is 1. The van der Waals surface area contributed by atoms with Crippen molar-refractivity contribution in [2.45, 2.75) is 51.7 Å². The number of nitrogens with zero attached hydrogens (tertiary/aromatic N) is 6. The van der Waals surface area contributed by atoms with Crippen LogP contribution in [-0.4, -0.2) is 81.2 Å². The molecule has 1 fully saturated rings. The second kappa shape index (κ2) is 14.2. The van der Waals surface area contributed by atoms with Gasteiger partial charge in [0.2, 0.25) is 11.7 Å². The van der Waals surface area contributed by atoms with Gasteiger partial charge in [0, 0.05) is 37.4 Å². The molecule has 2 unspecified atom stereocenters. The molecule has 1 saturated heterocycles. The van der Waals surface area contributed by atoms with E-state index >= 15 is 0 Å². The predicted octanol–water partition coefficient (Wildman–Crippen LogP) is 4.69. The lowest BCUT2D eigenvalue weighted by molar-refractivity contribution is -0.139. The van der Waals surface area contributed by atoms with Crippen LogP contribution >= 0.6 is 0 Å². The van der Waals surface area contributed by atoms with Gasteiger partial charge in [-0.15, -0.1) is 0 Å². The van der Waals surface area contributed by atoms with E-state index in [9.17, 15) is 22.4 Å². The van der Waals surface area contributed by atoms with Gasteiger partial charge in [-0.1, -0.05) is 25.1 Å². The Morgan fingerprint density at radius 3 is 2.56 bits per heavy atom. The number of aromatic nitrogens is 5. The van der Waals surface area contributed by atoms with Gasteiger partial charge in [-0.05, 0) is 38.7 Å². The van der Waals surface area contributed by atoms with Crippen molar-refractivity contribution in [2.75, 3.05) is 32.5 Å². The predicted molar refractivity (Wildman–Crippen MR) is 148 cm³/mol. The number of anilines is 1. The van der Waals surface area contributed by atoms with Gasteiger partial charge in [0.25, 0.3) is 0 Å². The number of benzene rings is 1. The Balaban J connectivity index is 0.000000394. The van der Waals surface area contributed by atoms with Gasteiger partial charge >= 0.3 is 6.18 Å². The smallest absolute Gasteiger partial charge is 0.379 e. The lowest BCUT2D eigenvalue weighted by Crippen LogP contribution is -2.46. The minimum absolute atomic E-state index is 0.0688. The van der Waals surface area contributed by atoms with Gasteiger partial charge in [0.15, 0.2) is 6.29 Å². The van der Waals surface area contributed by atoms with Crippen LogP contribution in [0.25, 0.3) is 22.4 Å². The number of carbonyl (C=O) groups is 1. The molecule has 4 aromatic rings. The zero-order chi connectivity index (χ0) is 30.2. The van der Waals surface area contributed by atoms with Crippen molar-refractivity contribution in [3.63, 3.8) is 0 Å². The van der Waals surface area contributed by atoms with Crippen LogP contribution in [0.15, 0.2) is 41.2 Å². The van der Waals surface area contributed by atoms with E-state index < -0.39 is 24.9 Å². The molecule has 1 aliphatic heterocycles. The first-order valence-corrected chi connectivity index (χ1v) is 13.3. The highest BCUT2D eigenvalue weighted by Gasteiger charge is 2.32. The summed E-state index contributed by atoms with van der Waals surface area (Å²) >= 11 is 0. The fourth-order valence-corrected chi connectivity index (χ4v) is 4.45. The molecule has 5 rings (SSSR count). The number of rotatable bonds is 7. The van der Waals surface area contributed by atoms with Gasteiger partial charge in [-0.3, -0.25) is 9.48 Å². The third-order valence-corrected chi connectivity index (χ3v) is 6.25. The van der Waals surface area contributed by atoms with Crippen molar-refractivity contribution in [3.05, 3.63) is 48.1 Å². The van der Waals surface area contributed by atoms with Crippen LogP contribution in [0.3, 0.4) is 0 Å². The highest BCUT2D eigenvalue weighted by atomic mass is 19.4. The van der Waals surface area contributed by atoms with E-state index in [1.807, 2.05) is 25.8 Å². The third kappa shape index (κ3) is 8.36. The number of nitrogens with one attached hydrogen (secondary N) is 2. The van der Waals surface area contributed by atoms with Gasteiger partial charge in [0.1, 0.15) is 12.7 Å². The molecule has 3 aromatic heterocycles. The number of aryl methyl sites for hydroxylation is 1. The van der Waals surface area contributed by atoms with Crippen LogP contribution in [0, 0.1) is 0 Å². The molecule has 224 valence electrons. The Bertz CT molecular complexity index is 1400. The average Bonchev–Trinajstić information content (AvgIpc) is 3.66. The molecule has 2 N–H and O–H groups in total. The van der Waals surface area contributed by atoms with Crippen molar-refractivity contribution in [2.24, 2.45) is 7.05 Å². The zero-order valence-electron chi connectivity index (χ0n) is 23.7. The van der Waals surface area contributed by atoms with Crippen LogP contribution in [0.4, 0.5) is 23.2 Å². The van der Waals surface area contributed by atoms with Gasteiger partial charge < -0.3 is 24.6 Å². The Labute approximate surface area is 235 Å². The minimum Gasteiger partial charge on any atom is -0.379 e. The molecule has 10 nitrogen and oxygen atoms in total. The summed E-state index contributed by atoms with van der Waals surface area (Å²) in [6.45, 7) is 4.15. The van der Waals surface area contributed by atoms with Gasteiger partial charge in [0.05, 0.1) is 35.6 Å². The Hall–Kier alpha value is -3.78. The van der Waals surface area contributed by atoms with Crippen LogP contribution in [0.1, 0.15) is 36.5 Å². The standard InChI is InChI=1S/C20H24F4N6O.C5H6N2O.C2H6/c1-25-9-18-27-19(28-31-18)17-8-12-14(26-15-6-7-29(2)10-13(15)21)4-3-5-16(12)30(17)11-20(22,23)24;1-7-3-5(4-8)2-6-7;1-2/h3-5,8,13,15,25-26H,6-7,9-11H2,1-2H3;2-4H,1H3;1-2H3. The molecular formula is C27H36F4N8O2. The summed E-state index contributed by atoms with van der Waals surface area (Å²) in [5.41, 5.74) is 1.75. The van der Waals surface area contributed by atoms with E-state index in [4.69, 9.17) is 4.52 Å². The molecule has 1 aliphatic rings. The number of hydrogen-bond acceptors (Lipinski definition) is 8. The van der Waals surface area contributed by atoms with E-state index in [-0.39, 0.29) is 17.4 Å². The number of aldehydes is 1. The second-order valence-corrected chi connectivity index (χ2v) is 9.39. The molecule has 1 aromatic carbocycles. The fraction of sp³-hybridized carbons (Fsp3) is 0.481. The summed E-state index contributed by atoms with van der Waals surface area (Å²) in [6, 6.07) is 6.19. The van der Waals surface area contributed by atoms with Gasteiger partial charge in [-0.2, -0.15) is 23.3 Å². The highest BCUT2D eigenvalue weighted by molar-refractivity contribution is 5.96. The van der Waals surface area contributed by atoms with E-state index in [0.717, 1.165) is 17.4 Å². The van der Waals surface area contributed by atoms with E-state index in [2.05, 4.69) is 25.9 Å². The lowest BCUT2D eigenvalue weighted by atomic mass is 10.0. The molecule has 2 atom stereocenters. The molecule has 0 amide bonds. The number of alkyl halides is 4. The SMILES string of the molecule is CC.CNCc1nc(-c2cc3c(NC4CCN(C)CC4F)cccc3n2CC(F)(F)F)no1.Cn1cc(C=O)cn1. The van der Waals surface area contributed by atoms with Crippen molar-refractivity contribution in [1.29, 1.82) is 0 Å². The Morgan fingerprint density at radius 2 is 1.98 bits per heavy atom.